The maximum absolute atomic E-state index is 8.02. The monoisotopic (exact) mass is 471 g/mol. The molecule has 12 heteroatoms. The Kier molecular flexibility index (Phi) is 216. The largest absolute Gasteiger partial charge is 1.00 e. The van der Waals surface area contributed by atoms with E-state index in [0.717, 1.165) is 7.11 Å². The molecule has 0 aliphatic rings. The molecular formula is C9H20BrK2N3O3S3. The summed E-state index contributed by atoms with van der Waals surface area (Å²) >= 11 is 14.1. The van der Waals surface area contributed by atoms with Gasteiger partial charge in [0.05, 0.1) is 24.9 Å². The fraction of sp³-hybridized carbons (Fsp3) is 0.667. The Labute approximate surface area is 238 Å². The number of thiocyanates is 1. The summed E-state index contributed by atoms with van der Waals surface area (Å²) in [6, 6.07) is 0. The number of aliphatic imine (C=N–C) groups is 1. The zero-order valence-electron chi connectivity index (χ0n) is 11.7. The van der Waals surface area contributed by atoms with Crippen molar-refractivity contribution < 1.29 is 118 Å². The Morgan fingerprint density at radius 1 is 1.33 bits per heavy atom. The van der Waals surface area contributed by atoms with Gasteiger partial charge in [-0.3, -0.25) is 0 Å². The van der Waals surface area contributed by atoms with Gasteiger partial charge in [-0.2, -0.15) is 0 Å². The average Bonchev–Trinajstić information content (AvgIpc) is 2.41. The Morgan fingerprint density at radius 2 is 1.57 bits per heavy atom. The number of alkyl halides is 1. The third-order valence-corrected chi connectivity index (χ3v) is 0.845. The van der Waals surface area contributed by atoms with Crippen molar-refractivity contribution in [3.8, 4) is 5.40 Å². The molecule has 21 heavy (non-hydrogen) atoms. The van der Waals surface area contributed by atoms with Crippen LogP contribution in [-0.2, 0) is 12.6 Å². The molecule has 6 nitrogen and oxygen atoms in total. The molecule has 0 aromatic rings. The van der Waals surface area contributed by atoms with Gasteiger partial charge in [0.2, 0.25) is 0 Å². The maximum atomic E-state index is 8.02. The van der Waals surface area contributed by atoms with Gasteiger partial charge in [-0.05, 0) is 12.2 Å². The number of nitrogens with zero attached hydrogens (tertiary/aromatic N) is 3. The molecule has 0 fully saturated rings. The van der Waals surface area contributed by atoms with Crippen molar-refractivity contribution in [1.82, 2.24) is 0 Å². The van der Waals surface area contributed by atoms with Crippen molar-refractivity contribution in [2.45, 2.75) is 7.43 Å². The second-order valence-corrected chi connectivity index (χ2v) is 2.71. The fourth-order valence-corrected chi connectivity index (χ4v) is 0.187. The molecule has 0 rings (SSSR count). The number of aliphatic hydroxyl groups excluding tert-OH is 3. The summed E-state index contributed by atoms with van der Waals surface area (Å²) in [6.45, 7) is 5.01. The normalized spacial score (nSPS) is 4.62. The molecule has 0 amide bonds. The molecule has 0 spiro atoms. The summed E-state index contributed by atoms with van der Waals surface area (Å²) in [5.74, 6) is 0. The van der Waals surface area contributed by atoms with Crippen LogP contribution in [0.4, 0.5) is 0 Å². The maximum Gasteiger partial charge on any atom is 1.00 e. The molecule has 0 aromatic carbocycles. The van der Waals surface area contributed by atoms with E-state index in [1.807, 2.05) is 0 Å². The number of thiol groups is 1. The number of rotatable bonds is 3. The summed E-state index contributed by atoms with van der Waals surface area (Å²) in [7, 11) is 1.00. The van der Waals surface area contributed by atoms with Gasteiger partial charge in [-0.1, -0.05) is 41.6 Å². The second kappa shape index (κ2) is 91.3. The second-order valence-electron chi connectivity index (χ2n) is 1.32. The minimum Gasteiger partial charge on any atom is -0.696 e. The van der Waals surface area contributed by atoms with Crippen molar-refractivity contribution in [3.63, 3.8) is 0 Å². The third kappa shape index (κ3) is 202. The molecular weight excluding hydrogens is 452 g/mol. The summed E-state index contributed by atoms with van der Waals surface area (Å²) in [6.07, 6.45) is 0. The zero-order valence-corrected chi connectivity index (χ0v) is 22.1. The predicted octanol–water partition coefficient (Wildman–Crippen LogP) is -4.87. The number of hydrogen-bond acceptors (Lipinski definition) is 9. The van der Waals surface area contributed by atoms with Gasteiger partial charge in [0.1, 0.15) is 0 Å². The van der Waals surface area contributed by atoms with Gasteiger partial charge in [-0.25, -0.2) is 10.3 Å². The van der Waals surface area contributed by atoms with Crippen LogP contribution >= 0.6 is 41.0 Å². The van der Waals surface area contributed by atoms with Gasteiger partial charge < -0.3 is 39.1 Å². The number of nitriles is 1. The first kappa shape index (κ1) is 49.6. The summed E-state index contributed by atoms with van der Waals surface area (Å²) < 4.78 is 2.69. The van der Waals surface area contributed by atoms with E-state index < -0.39 is 0 Å². The minimum absolute atomic E-state index is 0. The molecule has 0 bridgehead atoms. The number of thiocarbonyl (C=S) groups is 1. The van der Waals surface area contributed by atoms with Gasteiger partial charge in [0, 0.05) is 12.4 Å². The standard InChI is InChI=1S/C3H5NOS.C2H5BrO.CH2NS.CHNS.CH4O.CH4.2K/c5-2-1-4-3-6;3-1-2-4;1-2-3;2-1-3;1-2;;;/h5H,1-2H2;4H,1-2H2;1,3H;3H;2H,1H3;1H4;;/q;;-1;;;;2*+1/p-1. The Morgan fingerprint density at radius 3 is 1.62 bits per heavy atom. The van der Waals surface area contributed by atoms with Crippen LogP contribution in [0.3, 0.4) is 0 Å². The first-order valence-electron chi connectivity index (χ1n) is 3.98. The number of aliphatic hydroxyl groups is 3. The molecule has 0 saturated heterocycles. The Hall–Kier alpha value is 3.16. The molecule has 0 aliphatic heterocycles. The number of hydrogen-bond donors (Lipinski definition) is 4. The Balaban J connectivity index is -0.0000000170. The van der Waals surface area contributed by atoms with E-state index in [2.05, 4.69) is 74.9 Å². The summed E-state index contributed by atoms with van der Waals surface area (Å²) in [5, 5.41) is 34.1. The predicted molar refractivity (Wildman–Crippen MR) is 93.2 cm³/mol. The van der Waals surface area contributed by atoms with E-state index in [9.17, 15) is 0 Å². The number of halogens is 1. The smallest absolute Gasteiger partial charge is 0.696 e. The van der Waals surface area contributed by atoms with Crippen LogP contribution in [0, 0.1) is 10.7 Å². The van der Waals surface area contributed by atoms with Crippen molar-refractivity contribution in [2.24, 2.45) is 9.39 Å². The fourth-order valence-electron chi connectivity index (χ4n) is 0.0956. The molecule has 3 N–H and O–H groups in total. The summed E-state index contributed by atoms with van der Waals surface area (Å²) in [4.78, 5) is 3.41. The molecule has 0 saturated carbocycles. The van der Waals surface area contributed by atoms with Gasteiger partial charge in [-0.15, -0.1) is 0 Å². The van der Waals surface area contributed by atoms with E-state index >= 15 is 0 Å². The SMILES string of the molecule is C.CO.N#C[S-].OCCBr.OCCN=C=S.[CH-]=NS.[K+].[K+]. The molecule has 0 atom stereocenters. The van der Waals surface area contributed by atoms with Crippen molar-refractivity contribution in [2.75, 3.05) is 32.2 Å². The van der Waals surface area contributed by atoms with Crippen LogP contribution in [0.2, 0.25) is 0 Å². The van der Waals surface area contributed by atoms with Crippen LogP contribution in [-0.4, -0.2) is 59.4 Å². The quantitative estimate of drug-likeness (QED) is 0.0480. The van der Waals surface area contributed by atoms with Gasteiger partial charge in [0.15, 0.2) is 0 Å². The molecule has 0 radical (unpaired) electrons. The minimum atomic E-state index is 0. The zero-order chi connectivity index (χ0) is 15.7. The van der Waals surface area contributed by atoms with Crippen molar-refractivity contribution >= 4 is 65.5 Å². The summed E-state index contributed by atoms with van der Waals surface area (Å²) in [5.41, 5.74) is 0. The van der Waals surface area contributed by atoms with Gasteiger partial charge in [0.25, 0.3) is 0 Å². The first-order chi connectivity index (χ1) is 8.66. The number of isothiocyanates is 1. The molecule has 116 valence electrons. The molecule has 0 aliphatic carbocycles. The van der Waals surface area contributed by atoms with E-state index in [-0.39, 0.29) is 123 Å². The Bertz CT molecular complexity index is 208. The van der Waals surface area contributed by atoms with Crippen LogP contribution in [0.1, 0.15) is 7.43 Å². The van der Waals surface area contributed by atoms with Crippen molar-refractivity contribution in [3.05, 3.63) is 0 Å². The molecule has 0 aromatic heterocycles. The van der Waals surface area contributed by atoms with Crippen LogP contribution in [0.5, 0.6) is 0 Å². The molecule has 0 unspecified atom stereocenters. The van der Waals surface area contributed by atoms with Crippen molar-refractivity contribution in [1.29, 1.82) is 5.26 Å². The van der Waals surface area contributed by atoms with E-state index in [4.69, 9.17) is 20.6 Å². The van der Waals surface area contributed by atoms with Crippen LogP contribution < -0.4 is 103 Å². The van der Waals surface area contributed by atoms with Gasteiger partial charge >= 0.3 is 103 Å². The van der Waals surface area contributed by atoms with Crippen LogP contribution in [0.25, 0.3) is 0 Å². The van der Waals surface area contributed by atoms with E-state index in [0.29, 0.717) is 11.9 Å². The van der Waals surface area contributed by atoms with E-state index in [1.54, 1.807) is 0 Å². The van der Waals surface area contributed by atoms with E-state index in [1.165, 1.54) is 5.40 Å². The average molecular weight is 473 g/mol. The third-order valence-electron chi connectivity index (χ3n) is 0.361. The first-order valence-corrected chi connectivity index (χ1v) is 6.31. The topological polar surface area (TPSA) is 109 Å². The molecule has 0 heterocycles. The van der Waals surface area contributed by atoms with Crippen LogP contribution in [0.15, 0.2) is 9.39 Å².